The first kappa shape index (κ1) is 15.0. The number of carbonyl (C=O) groups is 2. The Morgan fingerprint density at radius 2 is 2.20 bits per heavy atom. The average molecular weight is 340 g/mol. The summed E-state index contributed by atoms with van der Waals surface area (Å²) in [6.07, 6.45) is 2.71. The number of amides is 2. The summed E-state index contributed by atoms with van der Waals surface area (Å²) in [5.74, 6) is -0.476. The van der Waals surface area contributed by atoms with Gasteiger partial charge in [0.15, 0.2) is 0 Å². The number of benzene rings is 1. The maximum atomic E-state index is 12.0. The number of piperidine rings is 1. The van der Waals surface area contributed by atoms with Crippen LogP contribution < -0.4 is 11.1 Å². The zero-order chi connectivity index (χ0) is 14.5. The predicted octanol–water partition coefficient (Wildman–Crippen LogP) is 1.73. The number of likely N-dealkylation sites (tertiary alicyclic amines) is 1. The minimum Gasteiger partial charge on any atom is -0.368 e. The predicted molar refractivity (Wildman–Crippen MR) is 81.2 cm³/mol. The molecule has 1 heterocycles. The Morgan fingerprint density at radius 3 is 2.90 bits per heavy atom. The van der Waals surface area contributed by atoms with Gasteiger partial charge in [-0.3, -0.25) is 14.5 Å². The van der Waals surface area contributed by atoms with Crippen molar-refractivity contribution < 1.29 is 9.59 Å². The summed E-state index contributed by atoms with van der Waals surface area (Å²) < 4.78 is 0.906. The SMILES string of the molecule is NC(=O)[C@H]1CCCCN1CC(=O)Nc1cccc(Br)c1. The van der Waals surface area contributed by atoms with Gasteiger partial charge in [0.25, 0.3) is 0 Å². The number of hydrogen-bond acceptors (Lipinski definition) is 3. The fourth-order valence-electron chi connectivity index (χ4n) is 2.45. The minimum atomic E-state index is -0.347. The largest absolute Gasteiger partial charge is 0.368 e. The van der Waals surface area contributed by atoms with Crippen LogP contribution in [0.2, 0.25) is 0 Å². The third-order valence-electron chi connectivity index (χ3n) is 3.40. The van der Waals surface area contributed by atoms with Crippen molar-refractivity contribution in [2.24, 2.45) is 5.73 Å². The molecule has 1 fully saturated rings. The minimum absolute atomic E-state index is 0.128. The second kappa shape index (κ2) is 6.85. The van der Waals surface area contributed by atoms with Gasteiger partial charge in [-0.25, -0.2) is 0 Å². The molecule has 0 aromatic heterocycles. The first-order chi connectivity index (χ1) is 9.56. The summed E-state index contributed by atoms with van der Waals surface area (Å²) >= 11 is 3.36. The van der Waals surface area contributed by atoms with Gasteiger partial charge in [0.2, 0.25) is 11.8 Å². The first-order valence-corrected chi connectivity index (χ1v) is 7.44. The second-order valence-electron chi connectivity index (χ2n) is 4.94. The van der Waals surface area contributed by atoms with E-state index in [-0.39, 0.29) is 24.4 Å². The number of anilines is 1. The van der Waals surface area contributed by atoms with Crippen molar-refractivity contribution >= 4 is 33.4 Å². The number of carbonyl (C=O) groups excluding carboxylic acids is 2. The molecule has 6 heteroatoms. The van der Waals surface area contributed by atoms with Crippen molar-refractivity contribution in [2.75, 3.05) is 18.4 Å². The molecule has 0 spiro atoms. The molecule has 0 bridgehead atoms. The van der Waals surface area contributed by atoms with E-state index >= 15 is 0 Å². The number of halogens is 1. The van der Waals surface area contributed by atoms with Gasteiger partial charge in [-0.2, -0.15) is 0 Å². The topological polar surface area (TPSA) is 75.4 Å². The molecule has 1 aliphatic rings. The van der Waals surface area contributed by atoms with Crippen LogP contribution in [0.1, 0.15) is 19.3 Å². The Hall–Kier alpha value is -1.40. The van der Waals surface area contributed by atoms with Crippen LogP contribution in [0.25, 0.3) is 0 Å². The highest BCUT2D eigenvalue weighted by Crippen LogP contribution is 2.18. The molecule has 3 N–H and O–H groups in total. The molecule has 0 aliphatic carbocycles. The Morgan fingerprint density at radius 1 is 1.40 bits per heavy atom. The number of rotatable bonds is 4. The molecule has 108 valence electrons. The van der Waals surface area contributed by atoms with E-state index in [0.29, 0.717) is 0 Å². The monoisotopic (exact) mass is 339 g/mol. The number of nitrogens with two attached hydrogens (primary N) is 1. The molecule has 1 saturated heterocycles. The molecule has 2 amide bonds. The molecule has 0 saturated carbocycles. The number of nitrogens with one attached hydrogen (secondary N) is 1. The summed E-state index contributed by atoms with van der Waals surface area (Å²) in [5, 5.41) is 2.83. The Balaban J connectivity index is 1.94. The van der Waals surface area contributed by atoms with Crippen LogP contribution in [0, 0.1) is 0 Å². The molecule has 1 aromatic rings. The van der Waals surface area contributed by atoms with Crippen molar-refractivity contribution in [1.82, 2.24) is 4.90 Å². The van der Waals surface area contributed by atoms with E-state index < -0.39 is 0 Å². The maximum absolute atomic E-state index is 12.0. The van der Waals surface area contributed by atoms with Gasteiger partial charge in [-0.15, -0.1) is 0 Å². The molecule has 1 aromatic carbocycles. The number of nitrogens with zero attached hydrogens (tertiary/aromatic N) is 1. The normalized spacial score (nSPS) is 19.6. The molecule has 0 radical (unpaired) electrons. The molecule has 1 atom stereocenters. The standard InChI is InChI=1S/C14H18BrN3O2/c15-10-4-3-5-11(8-10)17-13(19)9-18-7-2-1-6-12(18)14(16)20/h3-5,8,12H,1-2,6-7,9H2,(H2,16,20)(H,17,19)/t12-/m1/s1. The lowest BCUT2D eigenvalue weighted by molar-refractivity contribution is -0.126. The Labute approximate surface area is 126 Å². The Bertz CT molecular complexity index is 507. The highest BCUT2D eigenvalue weighted by atomic mass is 79.9. The lowest BCUT2D eigenvalue weighted by atomic mass is 10.0. The van der Waals surface area contributed by atoms with Crippen LogP contribution in [-0.2, 0) is 9.59 Å². The van der Waals surface area contributed by atoms with Gasteiger partial charge in [0, 0.05) is 10.2 Å². The van der Waals surface area contributed by atoms with E-state index in [4.69, 9.17) is 5.73 Å². The average Bonchev–Trinajstić information content (AvgIpc) is 2.38. The van der Waals surface area contributed by atoms with Gasteiger partial charge in [0.05, 0.1) is 12.6 Å². The van der Waals surface area contributed by atoms with E-state index in [2.05, 4.69) is 21.2 Å². The lowest BCUT2D eigenvalue weighted by Crippen LogP contribution is -2.50. The van der Waals surface area contributed by atoms with Crippen LogP contribution in [-0.4, -0.2) is 35.8 Å². The second-order valence-corrected chi connectivity index (χ2v) is 5.86. The molecule has 0 unspecified atom stereocenters. The molecule has 20 heavy (non-hydrogen) atoms. The van der Waals surface area contributed by atoms with E-state index in [9.17, 15) is 9.59 Å². The van der Waals surface area contributed by atoms with Gasteiger partial charge in [-0.05, 0) is 37.6 Å². The van der Waals surface area contributed by atoms with Gasteiger partial charge >= 0.3 is 0 Å². The van der Waals surface area contributed by atoms with Crippen LogP contribution in [0.3, 0.4) is 0 Å². The third-order valence-corrected chi connectivity index (χ3v) is 3.89. The van der Waals surface area contributed by atoms with Gasteiger partial charge < -0.3 is 11.1 Å². The molecule has 1 aliphatic heterocycles. The highest BCUT2D eigenvalue weighted by Gasteiger charge is 2.28. The zero-order valence-corrected chi connectivity index (χ0v) is 12.7. The van der Waals surface area contributed by atoms with E-state index in [1.54, 1.807) is 0 Å². The van der Waals surface area contributed by atoms with Crippen LogP contribution in [0.15, 0.2) is 28.7 Å². The fourth-order valence-corrected chi connectivity index (χ4v) is 2.85. The van der Waals surface area contributed by atoms with Crippen molar-refractivity contribution in [3.8, 4) is 0 Å². The summed E-state index contributed by atoms with van der Waals surface area (Å²) in [6, 6.07) is 7.08. The number of primary amides is 1. The summed E-state index contributed by atoms with van der Waals surface area (Å²) in [4.78, 5) is 25.3. The quantitative estimate of drug-likeness (QED) is 0.877. The van der Waals surface area contributed by atoms with Crippen molar-refractivity contribution in [3.63, 3.8) is 0 Å². The maximum Gasteiger partial charge on any atom is 0.238 e. The number of hydrogen-bond donors (Lipinski definition) is 2. The lowest BCUT2D eigenvalue weighted by Gasteiger charge is -2.32. The fraction of sp³-hybridized carbons (Fsp3) is 0.429. The van der Waals surface area contributed by atoms with Crippen LogP contribution in [0.5, 0.6) is 0 Å². The zero-order valence-electron chi connectivity index (χ0n) is 11.1. The molecular formula is C14H18BrN3O2. The van der Waals surface area contributed by atoms with Gasteiger partial charge in [0.1, 0.15) is 0 Å². The van der Waals surface area contributed by atoms with Crippen molar-refractivity contribution in [2.45, 2.75) is 25.3 Å². The third kappa shape index (κ3) is 4.05. The molecule has 2 rings (SSSR count). The van der Waals surface area contributed by atoms with Gasteiger partial charge in [-0.1, -0.05) is 28.4 Å². The summed E-state index contributed by atoms with van der Waals surface area (Å²) in [6.45, 7) is 0.930. The Kier molecular flexibility index (Phi) is 5.14. The highest BCUT2D eigenvalue weighted by molar-refractivity contribution is 9.10. The van der Waals surface area contributed by atoms with Crippen LogP contribution in [0.4, 0.5) is 5.69 Å². The van der Waals surface area contributed by atoms with Crippen molar-refractivity contribution in [1.29, 1.82) is 0 Å². The summed E-state index contributed by atoms with van der Waals surface area (Å²) in [5.41, 5.74) is 6.12. The smallest absolute Gasteiger partial charge is 0.238 e. The van der Waals surface area contributed by atoms with Crippen LogP contribution >= 0.6 is 15.9 Å². The van der Waals surface area contributed by atoms with E-state index in [0.717, 1.165) is 36.0 Å². The first-order valence-electron chi connectivity index (χ1n) is 6.65. The van der Waals surface area contributed by atoms with Crippen molar-refractivity contribution in [3.05, 3.63) is 28.7 Å². The van der Waals surface area contributed by atoms with E-state index in [1.807, 2.05) is 29.2 Å². The van der Waals surface area contributed by atoms with E-state index in [1.165, 1.54) is 0 Å². The summed E-state index contributed by atoms with van der Waals surface area (Å²) in [7, 11) is 0. The molecule has 5 nitrogen and oxygen atoms in total. The molecular weight excluding hydrogens is 322 g/mol.